The SMILES string of the molecule is Cc1cc(-c2ncccc2N)ccn1. The number of nitrogens with two attached hydrogens (primary N) is 1. The van der Waals surface area contributed by atoms with Gasteiger partial charge < -0.3 is 5.73 Å². The number of hydrogen-bond acceptors (Lipinski definition) is 3. The van der Waals surface area contributed by atoms with Gasteiger partial charge in [-0.15, -0.1) is 0 Å². The van der Waals surface area contributed by atoms with Gasteiger partial charge in [0.15, 0.2) is 0 Å². The highest BCUT2D eigenvalue weighted by Crippen LogP contribution is 2.22. The monoisotopic (exact) mass is 185 g/mol. The molecule has 0 unspecified atom stereocenters. The Kier molecular flexibility index (Phi) is 2.14. The van der Waals surface area contributed by atoms with Crippen molar-refractivity contribution in [2.24, 2.45) is 0 Å². The first kappa shape index (κ1) is 8.69. The molecule has 0 atom stereocenters. The van der Waals surface area contributed by atoms with Crippen molar-refractivity contribution in [3.8, 4) is 11.3 Å². The minimum Gasteiger partial charge on any atom is -0.397 e. The number of hydrogen-bond donors (Lipinski definition) is 1. The molecule has 2 rings (SSSR count). The van der Waals surface area contributed by atoms with Crippen LogP contribution in [-0.2, 0) is 0 Å². The molecule has 14 heavy (non-hydrogen) atoms. The van der Waals surface area contributed by atoms with E-state index in [1.165, 1.54) is 0 Å². The van der Waals surface area contributed by atoms with E-state index in [0.29, 0.717) is 5.69 Å². The van der Waals surface area contributed by atoms with Crippen molar-refractivity contribution in [1.29, 1.82) is 0 Å². The van der Waals surface area contributed by atoms with Crippen LogP contribution in [0.15, 0.2) is 36.7 Å². The van der Waals surface area contributed by atoms with Gasteiger partial charge in [0.1, 0.15) is 0 Å². The molecule has 2 N–H and O–H groups in total. The number of anilines is 1. The Hall–Kier alpha value is -1.90. The quantitative estimate of drug-likeness (QED) is 0.739. The lowest BCUT2D eigenvalue weighted by atomic mass is 10.1. The van der Waals surface area contributed by atoms with Crippen LogP contribution in [0.3, 0.4) is 0 Å². The summed E-state index contributed by atoms with van der Waals surface area (Å²) in [6.07, 6.45) is 3.50. The van der Waals surface area contributed by atoms with E-state index in [0.717, 1.165) is 17.0 Å². The molecule has 0 bridgehead atoms. The highest BCUT2D eigenvalue weighted by molar-refractivity contribution is 5.71. The van der Waals surface area contributed by atoms with Crippen LogP contribution >= 0.6 is 0 Å². The molecule has 2 heterocycles. The van der Waals surface area contributed by atoms with Crippen LogP contribution < -0.4 is 5.73 Å². The molecule has 0 radical (unpaired) electrons. The van der Waals surface area contributed by atoms with Gasteiger partial charge in [-0.3, -0.25) is 9.97 Å². The lowest BCUT2D eigenvalue weighted by Gasteiger charge is -2.03. The molecule has 2 aromatic rings. The van der Waals surface area contributed by atoms with Gasteiger partial charge in [-0.2, -0.15) is 0 Å². The predicted octanol–water partition coefficient (Wildman–Crippen LogP) is 2.03. The summed E-state index contributed by atoms with van der Waals surface area (Å²) in [4.78, 5) is 8.36. The first-order valence-corrected chi connectivity index (χ1v) is 4.41. The van der Waals surface area contributed by atoms with Crippen molar-refractivity contribution in [3.63, 3.8) is 0 Å². The minimum absolute atomic E-state index is 0.693. The lowest BCUT2D eigenvalue weighted by molar-refractivity contribution is 1.19. The van der Waals surface area contributed by atoms with E-state index < -0.39 is 0 Å². The highest BCUT2D eigenvalue weighted by atomic mass is 14.7. The van der Waals surface area contributed by atoms with E-state index >= 15 is 0 Å². The number of aromatic nitrogens is 2. The van der Waals surface area contributed by atoms with Crippen LogP contribution in [0.4, 0.5) is 5.69 Å². The fourth-order valence-electron chi connectivity index (χ4n) is 1.35. The van der Waals surface area contributed by atoms with Gasteiger partial charge in [0.25, 0.3) is 0 Å². The summed E-state index contributed by atoms with van der Waals surface area (Å²) in [5.74, 6) is 0. The molecule has 0 spiro atoms. The molecule has 2 aromatic heterocycles. The normalized spacial score (nSPS) is 10.1. The number of rotatable bonds is 1. The molecule has 0 saturated carbocycles. The lowest BCUT2D eigenvalue weighted by Crippen LogP contribution is -1.93. The Balaban J connectivity index is 2.55. The van der Waals surface area contributed by atoms with Gasteiger partial charge in [-0.05, 0) is 31.2 Å². The van der Waals surface area contributed by atoms with Crippen LogP contribution in [0.25, 0.3) is 11.3 Å². The zero-order chi connectivity index (χ0) is 9.97. The second kappa shape index (κ2) is 3.46. The van der Waals surface area contributed by atoms with Crippen LogP contribution in [-0.4, -0.2) is 9.97 Å². The van der Waals surface area contributed by atoms with Crippen LogP contribution in [0, 0.1) is 6.92 Å². The molecule has 0 saturated heterocycles. The summed E-state index contributed by atoms with van der Waals surface area (Å²) < 4.78 is 0. The second-order valence-corrected chi connectivity index (χ2v) is 3.13. The number of nitrogens with zero attached hydrogens (tertiary/aromatic N) is 2. The summed E-state index contributed by atoms with van der Waals surface area (Å²) in [6.45, 7) is 1.95. The van der Waals surface area contributed by atoms with Gasteiger partial charge in [0, 0.05) is 23.7 Å². The minimum atomic E-state index is 0.693. The van der Waals surface area contributed by atoms with Crippen LogP contribution in [0.5, 0.6) is 0 Å². The Labute approximate surface area is 82.6 Å². The largest absolute Gasteiger partial charge is 0.397 e. The summed E-state index contributed by atoms with van der Waals surface area (Å²) in [7, 11) is 0. The average molecular weight is 185 g/mol. The van der Waals surface area contributed by atoms with E-state index in [9.17, 15) is 0 Å². The summed E-state index contributed by atoms with van der Waals surface area (Å²) in [6, 6.07) is 7.55. The van der Waals surface area contributed by atoms with Crippen molar-refractivity contribution in [2.45, 2.75) is 6.92 Å². The molecule has 0 aromatic carbocycles. The molecular weight excluding hydrogens is 174 g/mol. The van der Waals surface area contributed by atoms with E-state index in [2.05, 4.69) is 9.97 Å². The number of aryl methyl sites for hydroxylation is 1. The maximum Gasteiger partial charge on any atom is 0.0932 e. The topological polar surface area (TPSA) is 51.8 Å². The van der Waals surface area contributed by atoms with Gasteiger partial charge >= 0.3 is 0 Å². The Morgan fingerprint density at radius 3 is 2.71 bits per heavy atom. The second-order valence-electron chi connectivity index (χ2n) is 3.13. The zero-order valence-corrected chi connectivity index (χ0v) is 7.94. The zero-order valence-electron chi connectivity index (χ0n) is 7.94. The van der Waals surface area contributed by atoms with E-state index in [-0.39, 0.29) is 0 Å². The molecule has 3 heteroatoms. The number of pyridine rings is 2. The summed E-state index contributed by atoms with van der Waals surface area (Å²) in [5.41, 5.74) is 9.31. The van der Waals surface area contributed by atoms with E-state index in [4.69, 9.17) is 5.73 Å². The smallest absolute Gasteiger partial charge is 0.0932 e. The first-order chi connectivity index (χ1) is 6.77. The van der Waals surface area contributed by atoms with Gasteiger partial charge in [-0.1, -0.05) is 0 Å². The molecule has 70 valence electrons. The van der Waals surface area contributed by atoms with Crippen LogP contribution in [0.2, 0.25) is 0 Å². The standard InChI is InChI=1S/C11H11N3/c1-8-7-9(4-6-13-8)11-10(12)3-2-5-14-11/h2-7H,12H2,1H3. The highest BCUT2D eigenvalue weighted by Gasteiger charge is 2.02. The molecule has 0 amide bonds. The van der Waals surface area contributed by atoms with Crippen molar-refractivity contribution >= 4 is 5.69 Å². The van der Waals surface area contributed by atoms with Crippen LogP contribution in [0.1, 0.15) is 5.69 Å². The van der Waals surface area contributed by atoms with Crippen molar-refractivity contribution in [3.05, 3.63) is 42.4 Å². The first-order valence-electron chi connectivity index (χ1n) is 4.41. The predicted molar refractivity (Wildman–Crippen MR) is 56.6 cm³/mol. The summed E-state index contributed by atoms with van der Waals surface area (Å²) >= 11 is 0. The molecule has 0 aliphatic heterocycles. The molecule has 0 aliphatic carbocycles. The number of nitrogen functional groups attached to an aromatic ring is 1. The van der Waals surface area contributed by atoms with E-state index in [1.54, 1.807) is 12.4 Å². The Morgan fingerprint density at radius 2 is 2.00 bits per heavy atom. The van der Waals surface area contributed by atoms with Gasteiger partial charge in [0.05, 0.1) is 11.4 Å². The molecule has 0 fully saturated rings. The fourth-order valence-corrected chi connectivity index (χ4v) is 1.35. The van der Waals surface area contributed by atoms with Crippen molar-refractivity contribution in [1.82, 2.24) is 9.97 Å². The summed E-state index contributed by atoms with van der Waals surface area (Å²) in [5, 5.41) is 0. The van der Waals surface area contributed by atoms with E-state index in [1.807, 2.05) is 31.2 Å². The maximum atomic E-state index is 5.82. The third-order valence-electron chi connectivity index (χ3n) is 2.01. The fraction of sp³-hybridized carbons (Fsp3) is 0.0909. The molecule has 3 nitrogen and oxygen atoms in total. The van der Waals surface area contributed by atoms with Crippen molar-refractivity contribution < 1.29 is 0 Å². The average Bonchev–Trinajstić information content (AvgIpc) is 2.18. The third kappa shape index (κ3) is 1.57. The third-order valence-corrected chi connectivity index (χ3v) is 2.01. The molecule has 0 aliphatic rings. The Morgan fingerprint density at radius 1 is 1.14 bits per heavy atom. The molecular formula is C11H11N3. The van der Waals surface area contributed by atoms with Gasteiger partial charge in [0.2, 0.25) is 0 Å². The van der Waals surface area contributed by atoms with Crippen molar-refractivity contribution in [2.75, 3.05) is 5.73 Å². The van der Waals surface area contributed by atoms with Gasteiger partial charge in [-0.25, -0.2) is 0 Å². The Bertz CT molecular complexity index is 452. The maximum absolute atomic E-state index is 5.82.